The second-order valence-corrected chi connectivity index (χ2v) is 9.53. The first-order valence-corrected chi connectivity index (χ1v) is 12.0. The number of rotatable bonds is 5. The van der Waals surface area contributed by atoms with Gasteiger partial charge in [0.15, 0.2) is 0 Å². The van der Waals surface area contributed by atoms with Crippen molar-refractivity contribution >= 4 is 11.8 Å². The fraction of sp³-hybridized carbons (Fsp3) is 0.680. The van der Waals surface area contributed by atoms with Crippen LogP contribution in [0.5, 0.6) is 5.75 Å². The van der Waals surface area contributed by atoms with Crippen molar-refractivity contribution in [2.24, 2.45) is 11.8 Å². The van der Waals surface area contributed by atoms with Crippen LogP contribution >= 0.6 is 0 Å². The average molecular weight is 428 g/mol. The zero-order valence-electron chi connectivity index (χ0n) is 19.1. The Morgan fingerprint density at radius 2 is 1.55 bits per heavy atom. The van der Waals surface area contributed by atoms with E-state index in [9.17, 15) is 9.59 Å². The van der Waals surface area contributed by atoms with Gasteiger partial charge >= 0.3 is 0 Å². The van der Waals surface area contributed by atoms with Crippen molar-refractivity contribution in [2.75, 3.05) is 46.4 Å². The summed E-state index contributed by atoms with van der Waals surface area (Å²) in [5, 5.41) is 0. The smallest absolute Gasteiger partial charge is 0.257 e. The summed E-state index contributed by atoms with van der Waals surface area (Å²) in [5.74, 6) is 2.16. The van der Waals surface area contributed by atoms with Crippen LogP contribution in [0.15, 0.2) is 24.3 Å². The van der Waals surface area contributed by atoms with Gasteiger partial charge in [-0.25, -0.2) is 0 Å². The molecule has 4 rings (SSSR count). The summed E-state index contributed by atoms with van der Waals surface area (Å²) in [4.78, 5) is 33.1. The Bertz CT molecular complexity index is 761. The molecule has 6 heteroatoms. The predicted octanol–water partition coefficient (Wildman–Crippen LogP) is 3.27. The number of carbonyl (C=O) groups is 2. The molecule has 0 unspecified atom stereocenters. The highest BCUT2D eigenvalue weighted by atomic mass is 16.5. The van der Waals surface area contributed by atoms with Crippen LogP contribution in [-0.4, -0.2) is 78.9 Å². The molecule has 1 atom stereocenters. The number of benzene rings is 1. The topological polar surface area (TPSA) is 53.1 Å². The highest BCUT2D eigenvalue weighted by Crippen LogP contribution is 2.33. The molecule has 3 aliphatic rings. The molecule has 2 heterocycles. The van der Waals surface area contributed by atoms with Crippen LogP contribution < -0.4 is 4.74 Å². The fourth-order valence-corrected chi connectivity index (χ4v) is 5.54. The largest absolute Gasteiger partial charge is 0.496 e. The van der Waals surface area contributed by atoms with Crippen molar-refractivity contribution in [2.45, 2.75) is 51.5 Å². The summed E-state index contributed by atoms with van der Waals surface area (Å²) >= 11 is 0. The van der Waals surface area contributed by atoms with Crippen molar-refractivity contribution in [3.8, 4) is 5.75 Å². The van der Waals surface area contributed by atoms with Gasteiger partial charge in [-0.05, 0) is 49.7 Å². The number of para-hydroxylation sites is 1. The summed E-state index contributed by atoms with van der Waals surface area (Å²) in [6, 6.07) is 7.40. The van der Waals surface area contributed by atoms with Crippen molar-refractivity contribution in [1.29, 1.82) is 0 Å². The number of carbonyl (C=O) groups excluding carboxylic acids is 2. The molecule has 0 aromatic heterocycles. The number of ether oxygens (including phenoxy) is 1. The van der Waals surface area contributed by atoms with Crippen molar-refractivity contribution in [1.82, 2.24) is 14.7 Å². The van der Waals surface area contributed by atoms with Gasteiger partial charge in [0.25, 0.3) is 5.91 Å². The molecule has 31 heavy (non-hydrogen) atoms. The Labute approximate surface area is 186 Å². The van der Waals surface area contributed by atoms with Gasteiger partial charge in [-0.15, -0.1) is 0 Å². The van der Waals surface area contributed by atoms with Crippen LogP contribution in [0.3, 0.4) is 0 Å². The van der Waals surface area contributed by atoms with Crippen LogP contribution in [0.2, 0.25) is 0 Å². The Hall–Kier alpha value is -2.08. The van der Waals surface area contributed by atoms with Gasteiger partial charge in [-0.1, -0.05) is 31.9 Å². The van der Waals surface area contributed by atoms with Gasteiger partial charge in [0.1, 0.15) is 5.75 Å². The number of likely N-dealkylation sites (tertiary alicyclic amines) is 1. The van der Waals surface area contributed by atoms with Crippen LogP contribution in [0.25, 0.3) is 0 Å². The lowest BCUT2D eigenvalue weighted by Crippen LogP contribution is -2.59. The molecule has 6 nitrogen and oxygen atoms in total. The Morgan fingerprint density at radius 1 is 0.903 bits per heavy atom. The third-order valence-electron chi connectivity index (χ3n) is 7.53. The third kappa shape index (κ3) is 4.89. The van der Waals surface area contributed by atoms with Crippen LogP contribution in [0.4, 0.5) is 0 Å². The normalized spacial score (nSPS) is 22.5. The number of piperidine rings is 1. The van der Waals surface area contributed by atoms with E-state index in [0.29, 0.717) is 36.2 Å². The molecule has 170 valence electrons. The quantitative estimate of drug-likeness (QED) is 0.724. The van der Waals surface area contributed by atoms with E-state index in [1.54, 1.807) is 7.11 Å². The molecule has 1 saturated carbocycles. The second-order valence-electron chi connectivity index (χ2n) is 9.53. The average Bonchev–Trinajstić information content (AvgIpc) is 3.34. The zero-order valence-corrected chi connectivity index (χ0v) is 19.1. The molecule has 1 aliphatic carbocycles. The molecule has 0 N–H and O–H groups in total. The Balaban J connectivity index is 1.42. The standard InChI is InChI=1S/C25H37N3O3/c1-19-11-13-27(14-12-19)25(30)23(20-7-3-4-8-20)26-15-17-28(18-16-26)24(29)21-9-5-6-10-22(21)31-2/h5-6,9-10,19-20,23H,3-4,7-8,11-18H2,1-2H3/t23-/m0/s1. The number of nitrogens with zero attached hydrogens (tertiary/aromatic N) is 3. The van der Waals surface area contributed by atoms with Gasteiger partial charge < -0.3 is 14.5 Å². The van der Waals surface area contributed by atoms with E-state index < -0.39 is 0 Å². The Kier molecular flexibility index (Phi) is 7.16. The number of amides is 2. The lowest BCUT2D eigenvalue weighted by atomic mass is 9.92. The van der Waals surface area contributed by atoms with Crippen molar-refractivity contribution < 1.29 is 14.3 Å². The van der Waals surface area contributed by atoms with E-state index in [4.69, 9.17) is 4.74 Å². The number of hydrogen-bond acceptors (Lipinski definition) is 4. The first-order chi connectivity index (χ1) is 15.1. The SMILES string of the molecule is COc1ccccc1C(=O)N1CCN([C@H](C(=O)N2CCC(C)CC2)C2CCCC2)CC1. The highest BCUT2D eigenvalue weighted by Gasteiger charge is 2.40. The van der Waals surface area contributed by atoms with E-state index in [0.717, 1.165) is 57.8 Å². The first kappa shape index (κ1) is 22.1. The number of hydrogen-bond donors (Lipinski definition) is 0. The first-order valence-electron chi connectivity index (χ1n) is 12.0. The molecule has 1 aromatic rings. The van der Waals surface area contributed by atoms with Gasteiger partial charge in [0.05, 0.1) is 18.7 Å². The summed E-state index contributed by atoms with van der Waals surface area (Å²) in [5.41, 5.74) is 0.615. The molecule has 0 bridgehead atoms. The van der Waals surface area contributed by atoms with Crippen LogP contribution in [0.1, 0.15) is 55.8 Å². The molecule has 2 saturated heterocycles. The minimum atomic E-state index is -0.0144. The van der Waals surface area contributed by atoms with Gasteiger partial charge in [0, 0.05) is 39.3 Å². The molecule has 1 aromatic carbocycles. The third-order valence-corrected chi connectivity index (χ3v) is 7.53. The summed E-state index contributed by atoms with van der Waals surface area (Å²) in [7, 11) is 1.60. The predicted molar refractivity (Wildman–Crippen MR) is 121 cm³/mol. The van der Waals surface area contributed by atoms with Crippen LogP contribution in [-0.2, 0) is 4.79 Å². The van der Waals surface area contributed by atoms with E-state index in [1.807, 2.05) is 29.2 Å². The molecule has 0 radical (unpaired) electrons. The van der Waals surface area contributed by atoms with E-state index >= 15 is 0 Å². The van der Waals surface area contributed by atoms with Crippen molar-refractivity contribution in [3.63, 3.8) is 0 Å². The fourth-order valence-electron chi connectivity index (χ4n) is 5.54. The molecule has 2 aliphatic heterocycles. The molecule has 0 spiro atoms. The summed E-state index contributed by atoms with van der Waals surface area (Å²) in [6.45, 7) is 6.92. The molecule has 2 amide bonds. The van der Waals surface area contributed by atoms with Gasteiger partial charge in [-0.2, -0.15) is 0 Å². The van der Waals surface area contributed by atoms with E-state index in [2.05, 4.69) is 16.7 Å². The van der Waals surface area contributed by atoms with Gasteiger partial charge in [0.2, 0.25) is 5.91 Å². The number of piperazine rings is 1. The number of methoxy groups -OCH3 is 1. The lowest BCUT2D eigenvalue weighted by molar-refractivity contribution is -0.141. The molecule has 3 fully saturated rings. The van der Waals surface area contributed by atoms with E-state index in [-0.39, 0.29) is 11.9 Å². The zero-order chi connectivity index (χ0) is 21.8. The maximum absolute atomic E-state index is 13.6. The minimum Gasteiger partial charge on any atom is -0.496 e. The maximum atomic E-state index is 13.6. The van der Waals surface area contributed by atoms with E-state index in [1.165, 1.54) is 12.8 Å². The Morgan fingerprint density at radius 3 is 2.19 bits per heavy atom. The molecular weight excluding hydrogens is 390 g/mol. The van der Waals surface area contributed by atoms with Crippen LogP contribution in [0, 0.1) is 11.8 Å². The monoisotopic (exact) mass is 427 g/mol. The highest BCUT2D eigenvalue weighted by molar-refractivity contribution is 5.97. The minimum absolute atomic E-state index is 0.0144. The van der Waals surface area contributed by atoms with Crippen molar-refractivity contribution in [3.05, 3.63) is 29.8 Å². The summed E-state index contributed by atoms with van der Waals surface area (Å²) < 4.78 is 5.38. The maximum Gasteiger partial charge on any atom is 0.257 e. The van der Waals surface area contributed by atoms with Gasteiger partial charge in [-0.3, -0.25) is 14.5 Å². The lowest BCUT2D eigenvalue weighted by Gasteiger charge is -2.43. The second kappa shape index (κ2) is 10.0. The molecular formula is C25H37N3O3. The summed E-state index contributed by atoms with van der Waals surface area (Å²) in [6.07, 6.45) is 7.01.